The summed E-state index contributed by atoms with van der Waals surface area (Å²) < 4.78 is 77.0. The molecule has 34 heavy (non-hydrogen) atoms. The average Bonchev–Trinajstić information content (AvgIpc) is 3.16. The average molecular weight is 531 g/mol. The maximum atomic E-state index is 13.5. The van der Waals surface area contributed by atoms with Gasteiger partial charge in [0.05, 0.1) is 31.8 Å². The number of fused-ring (bicyclic) bond motifs is 1. The van der Waals surface area contributed by atoms with E-state index in [4.69, 9.17) is 23.2 Å². The van der Waals surface area contributed by atoms with Crippen LogP contribution in [-0.4, -0.2) is 30.8 Å². The number of hydrogen-bond donors (Lipinski definition) is 1. The summed E-state index contributed by atoms with van der Waals surface area (Å²) in [7, 11) is -3.69. The topological polar surface area (TPSA) is 62.8 Å². The van der Waals surface area contributed by atoms with Crippen LogP contribution in [0.1, 0.15) is 17.0 Å². The van der Waals surface area contributed by atoms with Gasteiger partial charge in [-0.05, 0) is 35.4 Å². The molecule has 0 saturated heterocycles. The van der Waals surface area contributed by atoms with E-state index in [9.17, 15) is 26.0 Å². The van der Waals surface area contributed by atoms with Gasteiger partial charge in [0.25, 0.3) is 0 Å². The second-order valence-electron chi connectivity index (χ2n) is 7.50. The highest BCUT2D eigenvalue weighted by Crippen LogP contribution is 2.44. The highest BCUT2D eigenvalue weighted by atomic mass is 35.5. The fourth-order valence-electron chi connectivity index (χ4n) is 3.64. The van der Waals surface area contributed by atoms with Crippen molar-refractivity contribution in [3.63, 3.8) is 0 Å². The van der Waals surface area contributed by atoms with Gasteiger partial charge in [0, 0.05) is 12.0 Å². The summed E-state index contributed by atoms with van der Waals surface area (Å²) in [5.74, 6) is -0.136. The monoisotopic (exact) mass is 530 g/mol. The van der Waals surface area contributed by atoms with Crippen LogP contribution < -0.4 is 0 Å². The van der Waals surface area contributed by atoms with Crippen LogP contribution in [0.25, 0.3) is 22.2 Å². The molecule has 4 nitrogen and oxygen atoms in total. The largest absolute Gasteiger partial charge is 0.417 e. The molecule has 1 heterocycles. The van der Waals surface area contributed by atoms with Gasteiger partial charge in [0.2, 0.25) is 0 Å². The van der Waals surface area contributed by atoms with Crippen molar-refractivity contribution < 1.29 is 26.0 Å². The lowest BCUT2D eigenvalue weighted by molar-refractivity contribution is -0.137. The predicted molar refractivity (Wildman–Crippen MR) is 124 cm³/mol. The highest BCUT2D eigenvalue weighted by molar-refractivity contribution is 7.91. The molecule has 0 atom stereocenters. The molecule has 3 aromatic carbocycles. The Morgan fingerprint density at radius 1 is 1.00 bits per heavy atom. The number of nitrogens with one attached hydrogen (secondary N) is 1. The van der Waals surface area contributed by atoms with Gasteiger partial charge in [-0.15, -0.1) is 0 Å². The Kier molecular flexibility index (Phi) is 6.63. The van der Waals surface area contributed by atoms with Crippen LogP contribution in [-0.2, 0) is 22.4 Å². The summed E-state index contributed by atoms with van der Waals surface area (Å²) in [6, 6.07) is 12.4. The molecule has 0 amide bonds. The Morgan fingerprint density at radius 3 is 2.32 bits per heavy atom. The van der Waals surface area contributed by atoms with Gasteiger partial charge < -0.3 is 4.98 Å². The molecule has 0 fully saturated rings. The van der Waals surface area contributed by atoms with Crippen molar-refractivity contribution in [2.75, 3.05) is 12.4 Å². The third-order valence-corrected chi connectivity index (χ3v) is 7.57. The molecule has 0 radical (unpaired) electrons. The van der Waals surface area contributed by atoms with Crippen LogP contribution in [0.2, 0.25) is 10.0 Å². The number of benzene rings is 3. The first-order valence-electron chi connectivity index (χ1n) is 9.92. The number of H-pyrrole nitrogens is 1. The molecule has 0 saturated carbocycles. The lowest BCUT2D eigenvalue weighted by Crippen LogP contribution is -2.08. The molecule has 178 valence electrons. The summed E-state index contributed by atoms with van der Waals surface area (Å²) in [5, 5.41) is 0.0150. The smallest absolute Gasteiger partial charge is 0.342 e. The van der Waals surface area contributed by atoms with E-state index in [1.807, 2.05) is 0 Å². The Morgan fingerprint density at radius 2 is 1.68 bits per heavy atom. The van der Waals surface area contributed by atoms with Gasteiger partial charge >= 0.3 is 6.18 Å². The fraction of sp³-hybridized carbons (Fsp3) is 0.174. The van der Waals surface area contributed by atoms with E-state index in [2.05, 4.69) is 9.97 Å². The second kappa shape index (κ2) is 9.20. The van der Waals surface area contributed by atoms with E-state index >= 15 is 0 Å². The van der Waals surface area contributed by atoms with Crippen LogP contribution in [0.15, 0.2) is 59.5 Å². The van der Waals surface area contributed by atoms with Gasteiger partial charge in [-0.1, -0.05) is 53.5 Å². The Labute approximate surface area is 202 Å². The molecule has 0 aliphatic rings. The minimum Gasteiger partial charge on any atom is -0.342 e. The zero-order valence-electron chi connectivity index (χ0n) is 17.3. The molecule has 0 unspecified atom stereocenters. The first kappa shape index (κ1) is 24.5. The molecule has 1 N–H and O–H groups in total. The molecule has 4 rings (SSSR count). The van der Waals surface area contributed by atoms with Crippen molar-refractivity contribution in [3.05, 3.63) is 81.6 Å². The van der Waals surface area contributed by atoms with Gasteiger partial charge in [0.1, 0.15) is 18.0 Å². The maximum absolute atomic E-state index is 13.5. The molecule has 0 aliphatic carbocycles. The van der Waals surface area contributed by atoms with Crippen molar-refractivity contribution >= 4 is 44.1 Å². The Bertz CT molecular complexity index is 1470. The number of rotatable bonds is 6. The minimum atomic E-state index is -4.60. The normalized spacial score (nSPS) is 12.4. The summed E-state index contributed by atoms with van der Waals surface area (Å²) in [4.78, 5) is 7.49. The molecule has 0 aliphatic heterocycles. The number of aromatic nitrogens is 2. The first-order valence-corrected chi connectivity index (χ1v) is 12.3. The molecule has 11 heteroatoms. The number of sulfone groups is 1. The van der Waals surface area contributed by atoms with E-state index in [1.165, 1.54) is 36.4 Å². The summed E-state index contributed by atoms with van der Waals surface area (Å²) >= 11 is 12.8. The third-order valence-electron chi connectivity index (χ3n) is 5.22. The number of alkyl halides is 4. The first-order chi connectivity index (χ1) is 16.0. The predicted octanol–water partition coefficient (Wildman–Crippen LogP) is 6.89. The number of nitrogens with zero attached hydrogens (tertiary/aromatic N) is 1. The van der Waals surface area contributed by atoms with Crippen molar-refractivity contribution in [1.29, 1.82) is 0 Å². The molecule has 4 aromatic rings. The van der Waals surface area contributed by atoms with Gasteiger partial charge in [-0.3, -0.25) is 0 Å². The third kappa shape index (κ3) is 4.78. The van der Waals surface area contributed by atoms with E-state index in [-0.39, 0.29) is 38.0 Å². The van der Waals surface area contributed by atoms with Gasteiger partial charge in [0.15, 0.2) is 9.84 Å². The Balaban J connectivity index is 1.71. The standard InChI is InChI=1S/C23H16Cl2F4N2O2S/c24-17-12-18-22(21(25)20(17)15-3-1-2-4-16(15)23(27,28)29)31-19(30-18)11-13-5-7-14(8-6-13)34(32,33)10-9-26/h1-8,12H,9-11H2,(H,30,31). The van der Waals surface area contributed by atoms with Crippen molar-refractivity contribution in [3.8, 4) is 11.1 Å². The van der Waals surface area contributed by atoms with Crippen LogP contribution in [0, 0.1) is 0 Å². The van der Waals surface area contributed by atoms with E-state index in [1.54, 1.807) is 12.1 Å². The number of hydrogen-bond acceptors (Lipinski definition) is 3. The molecular formula is C23H16Cl2F4N2O2S. The van der Waals surface area contributed by atoms with Gasteiger partial charge in [-0.2, -0.15) is 13.2 Å². The van der Waals surface area contributed by atoms with E-state index < -0.39 is 34.0 Å². The molecule has 1 aromatic heterocycles. The number of aromatic amines is 1. The highest BCUT2D eigenvalue weighted by Gasteiger charge is 2.34. The summed E-state index contributed by atoms with van der Waals surface area (Å²) in [6.07, 6.45) is -4.33. The van der Waals surface area contributed by atoms with Crippen LogP contribution in [0.4, 0.5) is 17.6 Å². The fourth-order valence-corrected chi connectivity index (χ4v) is 5.33. The lowest BCUT2D eigenvalue weighted by atomic mass is 9.98. The van der Waals surface area contributed by atoms with E-state index in [0.29, 0.717) is 16.9 Å². The lowest BCUT2D eigenvalue weighted by Gasteiger charge is -2.15. The quantitative estimate of drug-likeness (QED) is 0.276. The maximum Gasteiger partial charge on any atom is 0.417 e. The van der Waals surface area contributed by atoms with Crippen LogP contribution in [0.3, 0.4) is 0 Å². The summed E-state index contributed by atoms with van der Waals surface area (Å²) in [5.41, 5.74) is 0.432. The van der Waals surface area contributed by atoms with Crippen molar-refractivity contribution in [2.24, 2.45) is 0 Å². The SMILES string of the molecule is O=S(=O)(CCF)c1ccc(Cc2nc3c(Cl)c(-c4ccccc4C(F)(F)F)c(Cl)cc3[nH]2)cc1. The van der Waals surface area contributed by atoms with Crippen molar-refractivity contribution in [1.82, 2.24) is 9.97 Å². The zero-order valence-corrected chi connectivity index (χ0v) is 19.6. The molecule has 0 bridgehead atoms. The molecular weight excluding hydrogens is 515 g/mol. The number of halogens is 6. The number of imidazole rings is 1. The van der Waals surface area contributed by atoms with E-state index in [0.717, 1.165) is 6.07 Å². The van der Waals surface area contributed by atoms with Crippen molar-refractivity contribution in [2.45, 2.75) is 17.5 Å². The van der Waals surface area contributed by atoms with Gasteiger partial charge in [-0.25, -0.2) is 17.8 Å². The zero-order chi connectivity index (χ0) is 24.7. The Hall–Kier alpha value is -2.62. The minimum absolute atomic E-state index is 0.0151. The van der Waals surface area contributed by atoms with Crippen LogP contribution >= 0.6 is 23.2 Å². The molecule has 0 spiro atoms. The van der Waals surface area contributed by atoms with Crippen LogP contribution in [0.5, 0.6) is 0 Å². The summed E-state index contributed by atoms with van der Waals surface area (Å²) in [6.45, 7) is -0.970. The second-order valence-corrected chi connectivity index (χ2v) is 10.4.